The molecular formula is C15H23ClN2O3. The van der Waals surface area contributed by atoms with Crippen LogP contribution in [0.5, 0.6) is 11.5 Å². The molecule has 1 aliphatic rings. The van der Waals surface area contributed by atoms with Crippen molar-refractivity contribution in [3.05, 3.63) is 24.3 Å². The van der Waals surface area contributed by atoms with Gasteiger partial charge in [0, 0.05) is 19.2 Å². The van der Waals surface area contributed by atoms with Crippen LogP contribution < -0.4 is 20.1 Å². The fourth-order valence-electron chi connectivity index (χ4n) is 2.19. The minimum absolute atomic E-state index is 0. The van der Waals surface area contributed by atoms with Crippen molar-refractivity contribution in [2.45, 2.75) is 12.8 Å². The van der Waals surface area contributed by atoms with Crippen LogP contribution in [0.4, 0.5) is 0 Å². The van der Waals surface area contributed by atoms with Crippen molar-refractivity contribution in [3.63, 3.8) is 0 Å². The number of rotatable bonds is 7. The lowest BCUT2D eigenvalue weighted by Gasteiger charge is -2.10. The van der Waals surface area contributed by atoms with Crippen LogP contribution in [-0.4, -0.2) is 39.3 Å². The summed E-state index contributed by atoms with van der Waals surface area (Å²) in [5, 5.41) is 6.14. The number of methoxy groups -OCH3 is 1. The number of amides is 1. The van der Waals surface area contributed by atoms with Crippen LogP contribution >= 0.6 is 12.4 Å². The van der Waals surface area contributed by atoms with Crippen molar-refractivity contribution in [2.75, 3.05) is 33.4 Å². The van der Waals surface area contributed by atoms with Crippen LogP contribution in [0, 0.1) is 5.92 Å². The van der Waals surface area contributed by atoms with E-state index in [9.17, 15) is 4.79 Å². The molecule has 1 aromatic rings. The largest absolute Gasteiger partial charge is 0.497 e. The number of hydrogen-bond acceptors (Lipinski definition) is 4. The average molecular weight is 315 g/mol. The van der Waals surface area contributed by atoms with Crippen molar-refractivity contribution in [2.24, 2.45) is 5.92 Å². The Bertz CT molecular complexity index is 437. The molecule has 118 valence electrons. The molecule has 0 bridgehead atoms. The zero-order chi connectivity index (χ0) is 14.2. The molecule has 2 N–H and O–H groups in total. The summed E-state index contributed by atoms with van der Waals surface area (Å²) >= 11 is 0. The van der Waals surface area contributed by atoms with E-state index in [1.54, 1.807) is 7.11 Å². The lowest BCUT2D eigenvalue weighted by molar-refractivity contribution is -0.124. The Morgan fingerprint density at radius 1 is 1.43 bits per heavy atom. The molecule has 1 fully saturated rings. The number of benzene rings is 1. The van der Waals surface area contributed by atoms with Gasteiger partial charge in [0.2, 0.25) is 5.91 Å². The molecular weight excluding hydrogens is 292 g/mol. The van der Waals surface area contributed by atoms with E-state index in [4.69, 9.17) is 9.47 Å². The molecule has 1 saturated heterocycles. The Labute approximate surface area is 131 Å². The third-order valence-electron chi connectivity index (χ3n) is 3.36. The third kappa shape index (κ3) is 5.81. The molecule has 1 heterocycles. The number of carbonyl (C=O) groups is 1. The second-order valence-corrected chi connectivity index (χ2v) is 4.86. The van der Waals surface area contributed by atoms with Crippen molar-refractivity contribution < 1.29 is 14.3 Å². The van der Waals surface area contributed by atoms with E-state index in [1.807, 2.05) is 24.3 Å². The number of ether oxygens (including phenoxy) is 2. The lowest BCUT2D eigenvalue weighted by Crippen LogP contribution is -2.33. The second kappa shape index (κ2) is 9.47. The molecule has 1 aliphatic heterocycles. The first-order valence-corrected chi connectivity index (χ1v) is 7.05. The topological polar surface area (TPSA) is 59.6 Å². The minimum atomic E-state index is 0. The van der Waals surface area contributed by atoms with Gasteiger partial charge in [-0.05, 0) is 31.5 Å². The van der Waals surface area contributed by atoms with Crippen LogP contribution in [-0.2, 0) is 4.79 Å². The molecule has 1 aromatic carbocycles. The summed E-state index contributed by atoms with van der Waals surface area (Å²) in [4.78, 5) is 11.8. The molecule has 21 heavy (non-hydrogen) atoms. The van der Waals surface area contributed by atoms with Gasteiger partial charge in [0.15, 0.2) is 0 Å². The highest BCUT2D eigenvalue weighted by Gasteiger charge is 2.21. The lowest BCUT2D eigenvalue weighted by atomic mass is 10.1. The molecule has 0 aliphatic carbocycles. The summed E-state index contributed by atoms with van der Waals surface area (Å²) in [6.45, 7) is 2.97. The van der Waals surface area contributed by atoms with Crippen molar-refractivity contribution >= 4 is 18.3 Å². The Hall–Kier alpha value is -1.46. The van der Waals surface area contributed by atoms with Gasteiger partial charge in [0.05, 0.1) is 19.6 Å². The third-order valence-corrected chi connectivity index (χ3v) is 3.36. The standard InChI is InChI=1S/C15H22N2O3.ClH/c1-19-13-4-2-5-14(10-13)20-9-3-7-17-15(18)12-6-8-16-11-12;/h2,4-5,10,12,16H,3,6-9,11H2,1H3,(H,17,18);1H. The molecule has 2 rings (SSSR count). The van der Waals surface area contributed by atoms with Gasteiger partial charge < -0.3 is 20.1 Å². The van der Waals surface area contributed by atoms with Gasteiger partial charge in [0.25, 0.3) is 0 Å². The van der Waals surface area contributed by atoms with E-state index in [0.29, 0.717) is 13.2 Å². The van der Waals surface area contributed by atoms with Crippen molar-refractivity contribution in [1.29, 1.82) is 0 Å². The molecule has 1 unspecified atom stereocenters. The summed E-state index contributed by atoms with van der Waals surface area (Å²) < 4.78 is 10.7. The van der Waals surface area contributed by atoms with Gasteiger partial charge in [-0.2, -0.15) is 0 Å². The van der Waals surface area contributed by atoms with E-state index in [-0.39, 0.29) is 24.2 Å². The maximum absolute atomic E-state index is 11.8. The quantitative estimate of drug-likeness (QED) is 0.751. The minimum Gasteiger partial charge on any atom is -0.497 e. The summed E-state index contributed by atoms with van der Waals surface area (Å²) in [7, 11) is 1.63. The Morgan fingerprint density at radius 3 is 2.95 bits per heavy atom. The monoisotopic (exact) mass is 314 g/mol. The molecule has 1 amide bonds. The van der Waals surface area contributed by atoms with Gasteiger partial charge in [-0.1, -0.05) is 6.07 Å². The average Bonchev–Trinajstić information content (AvgIpc) is 3.01. The maximum Gasteiger partial charge on any atom is 0.224 e. The zero-order valence-electron chi connectivity index (χ0n) is 12.3. The van der Waals surface area contributed by atoms with Gasteiger partial charge in [0.1, 0.15) is 11.5 Å². The molecule has 5 nitrogen and oxygen atoms in total. The molecule has 6 heteroatoms. The van der Waals surface area contributed by atoms with Gasteiger partial charge in [-0.25, -0.2) is 0 Å². The first-order valence-electron chi connectivity index (χ1n) is 7.05. The van der Waals surface area contributed by atoms with E-state index in [2.05, 4.69) is 10.6 Å². The van der Waals surface area contributed by atoms with E-state index in [0.717, 1.165) is 37.4 Å². The Kier molecular flexibility index (Phi) is 7.93. The number of hydrogen-bond donors (Lipinski definition) is 2. The van der Waals surface area contributed by atoms with Crippen LogP contribution in [0.2, 0.25) is 0 Å². The fraction of sp³-hybridized carbons (Fsp3) is 0.533. The highest BCUT2D eigenvalue weighted by Crippen LogP contribution is 2.18. The molecule has 0 radical (unpaired) electrons. The van der Waals surface area contributed by atoms with Crippen LogP contribution in [0.25, 0.3) is 0 Å². The molecule has 0 aromatic heterocycles. The summed E-state index contributed by atoms with van der Waals surface area (Å²) in [5.74, 6) is 1.85. The predicted molar refractivity (Wildman–Crippen MR) is 84.3 cm³/mol. The summed E-state index contributed by atoms with van der Waals surface area (Å²) in [6.07, 6.45) is 1.73. The van der Waals surface area contributed by atoms with Crippen LogP contribution in [0.1, 0.15) is 12.8 Å². The predicted octanol–water partition coefficient (Wildman–Crippen LogP) is 1.61. The smallest absolute Gasteiger partial charge is 0.224 e. The first kappa shape index (κ1) is 17.6. The highest BCUT2D eigenvalue weighted by molar-refractivity contribution is 5.85. The normalized spacial score (nSPS) is 16.9. The van der Waals surface area contributed by atoms with Crippen LogP contribution in [0.15, 0.2) is 24.3 Å². The van der Waals surface area contributed by atoms with E-state index in [1.165, 1.54) is 0 Å². The summed E-state index contributed by atoms with van der Waals surface area (Å²) in [6, 6.07) is 7.51. The maximum atomic E-state index is 11.8. The number of nitrogens with one attached hydrogen (secondary N) is 2. The zero-order valence-corrected chi connectivity index (χ0v) is 13.1. The number of carbonyl (C=O) groups excluding carboxylic acids is 1. The molecule has 0 saturated carbocycles. The Balaban J connectivity index is 0.00000220. The first-order chi connectivity index (χ1) is 9.79. The van der Waals surface area contributed by atoms with E-state index >= 15 is 0 Å². The van der Waals surface area contributed by atoms with Crippen LogP contribution in [0.3, 0.4) is 0 Å². The SMILES string of the molecule is COc1cccc(OCCCNC(=O)C2CCNC2)c1.Cl. The van der Waals surface area contributed by atoms with Gasteiger partial charge in [-0.15, -0.1) is 12.4 Å². The van der Waals surface area contributed by atoms with Crippen molar-refractivity contribution in [1.82, 2.24) is 10.6 Å². The summed E-state index contributed by atoms with van der Waals surface area (Å²) in [5.41, 5.74) is 0. The second-order valence-electron chi connectivity index (χ2n) is 4.86. The number of halogens is 1. The van der Waals surface area contributed by atoms with Gasteiger partial charge in [-0.3, -0.25) is 4.79 Å². The molecule has 1 atom stereocenters. The molecule has 0 spiro atoms. The van der Waals surface area contributed by atoms with Gasteiger partial charge >= 0.3 is 0 Å². The van der Waals surface area contributed by atoms with Crippen molar-refractivity contribution in [3.8, 4) is 11.5 Å². The highest BCUT2D eigenvalue weighted by atomic mass is 35.5. The Morgan fingerprint density at radius 2 is 2.24 bits per heavy atom. The fourth-order valence-corrected chi connectivity index (χ4v) is 2.19. The van der Waals surface area contributed by atoms with E-state index < -0.39 is 0 Å².